The first kappa shape index (κ1) is 17.0. The lowest BCUT2D eigenvalue weighted by molar-refractivity contribution is -0.389. The molecule has 4 aromatic rings. The van der Waals surface area contributed by atoms with Crippen molar-refractivity contribution in [2.24, 2.45) is 7.05 Å². The van der Waals surface area contributed by atoms with Gasteiger partial charge in [-0.1, -0.05) is 23.5 Å². The number of thiazole rings is 1. The molecule has 0 spiro atoms. The van der Waals surface area contributed by atoms with E-state index in [0.717, 1.165) is 5.56 Å². The average molecular weight is 384 g/mol. The monoisotopic (exact) mass is 384 g/mol. The third-order valence-electron chi connectivity index (χ3n) is 4.23. The van der Waals surface area contributed by atoms with Crippen molar-refractivity contribution in [3.05, 3.63) is 69.7 Å². The molecule has 0 saturated carbocycles. The molecular weight excluding hydrogens is 368 g/mol. The third kappa shape index (κ3) is 2.99. The van der Waals surface area contributed by atoms with Crippen molar-refractivity contribution in [1.82, 2.24) is 18.9 Å². The predicted molar refractivity (Wildman–Crippen MR) is 101 cm³/mol. The minimum Gasteiger partial charge on any atom is -0.497 e. The molecule has 0 unspecified atom stereocenters. The lowest BCUT2D eigenvalue weighted by Crippen LogP contribution is -2.17. The molecule has 0 bridgehead atoms. The number of anilines is 1. The van der Waals surface area contributed by atoms with Crippen LogP contribution in [0.5, 0.6) is 5.75 Å². The Hall–Kier alpha value is -3.40. The molecule has 0 amide bonds. The smallest absolute Gasteiger partial charge is 0.372 e. The first-order chi connectivity index (χ1) is 13.1. The number of rotatable bonds is 6. The maximum atomic E-state index is 11.6. The van der Waals surface area contributed by atoms with E-state index in [0.29, 0.717) is 16.5 Å². The van der Waals surface area contributed by atoms with Gasteiger partial charge in [0.05, 0.1) is 7.11 Å². The molecule has 1 N–H and O–H groups in total. The number of ether oxygens (including phenoxy) is 1. The molecule has 1 aromatic carbocycles. The zero-order valence-electron chi connectivity index (χ0n) is 14.6. The molecule has 0 radical (unpaired) electrons. The predicted octanol–water partition coefficient (Wildman–Crippen LogP) is 3.25. The Labute approximate surface area is 158 Å². The van der Waals surface area contributed by atoms with E-state index in [1.54, 1.807) is 24.9 Å². The number of benzene rings is 1. The van der Waals surface area contributed by atoms with Crippen molar-refractivity contribution in [2.45, 2.75) is 6.04 Å². The molecule has 0 aliphatic carbocycles. The van der Waals surface area contributed by atoms with Crippen LogP contribution >= 0.6 is 11.3 Å². The Morgan fingerprint density at radius 2 is 2.22 bits per heavy atom. The van der Waals surface area contributed by atoms with Crippen LogP contribution in [0.1, 0.15) is 17.4 Å². The van der Waals surface area contributed by atoms with Crippen LogP contribution in [0, 0.1) is 10.1 Å². The second-order valence-corrected chi connectivity index (χ2v) is 6.72. The van der Waals surface area contributed by atoms with Gasteiger partial charge in [0, 0.05) is 24.8 Å². The number of nitrogens with zero attached hydrogens (tertiary/aromatic N) is 5. The first-order valence-electron chi connectivity index (χ1n) is 8.06. The summed E-state index contributed by atoms with van der Waals surface area (Å²) >= 11 is 1.34. The Morgan fingerprint density at radius 3 is 2.93 bits per heavy atom. The molecule has 9 nitrogen and oxygen atoms in total. The summed E-state index contributed by atoms with van der Waals surface area (Å²) in [6.07, 6.45) is 5.15. The number of hydrogen-bond donors (Lipinski definition) is 1. The fourth-order valence-corrected chi connectivity index (χ4v) is 3.66. The van der Waals surface area contributed by atoms with E-state index in [1.807, 2.05) is 42.1 Å². The van der Waals surface area contributed by atoms with Crippen molar-refractivity contribution in [1.29, 1.82) is 0 Å². The molecule has 3 aromatic heterocycles. The van der Waals surface area contributed by atoms with Crippen molar-refractivity contribution in [2.75, 3.05) is 12.4 Å². The van der Waals surface area contributed by atoms with Crippen molar-refractivity contribution in [3.63, 3.8) is 0 Å². The summed E-state index contributed by atoms with van der Waals surface area (Å²) in [5, 5.41) is 16.6. The van der Waals surface area contributed by atoms with E-state index >= 15 is 0 Å². The lowest BCUT2D eigenvalue weighted by atomic mass is 10.1. The van der Waals surface area contributed by atoms with Gasteiger partial charge in [-0.25, -0.2) is 4.98 Å². The minimum absolute atomic E-state index is 0.103. The van der Waals surface area contributed by atoms with Gasteiger partial charge < -0.3 is 24.7 Å². The Morgan fingerprint density at radius 1 is 1.37 bits per heavy atom. The normalized spacial score (nSPS) is 12.2. The molecule has 0 saturated heterocycles. The highest BCUT2D eigenvalue weighted by Gasteiger charge is 2.28. The van der Waals surface area contributed by atoms with E-state index in [4.69, 9.17) is 4.74 Å². The largest absolute Gasteiger partial charge is 0.497 e. The van der Waals surface area contributed by atoms with Gasteiger partial charge in [-0.05, 0) is 22.6 Å². The van der Waals surface area contributed by atoms with E-state index < -0.39 is 11.0 Å². The molecule has 27 heavy (non-hydrogen) atoms. The van der Waals surface area contributed by atoms with Crippen LogP contribution in [-0.4, -0.2) is 31.0 Å². The summed E-state index contributed by atoms with van der Waals surface area (Å²) in [5.74, 6) is 1.48. The number of nitro groups is 1. The molecule has 0 aliphatic heterocycles. The minimum atomic E-state index is -0.441. The van der Waals surface area contributed by atoms with E-state index in [-0.39, 0.29) is 11.6 Å². The van der Waals surface area contributed by atoms with Crippen molar-refractivity contribution in [3.8, 4) is 5.75 Å². The molecule has 0 aliphatic rings. The lowest BCUT2D eigenvalue weighted by Gasteiger charge is -2.19. The summed E-state index contributed by atoms with van der Waals surface area (Å²) in [6, 6.07) is 7.05. The number of aryl methyl sites for hydroxylation is 1. The zero-order valence-corrected chi connectivity index (χ0v) is 15.4. The van der Waals surface area contributed by atoms with Gasteiger partial charge in [0.2, 0.25) is 5.82 Å². The van der Waals surface area contributed by atoms with Crippen LogP contribution in [0.25, 0.3) is 4.96 Å². The first-order valence-corrected chi connectivity index (χ1v) is 8.94. The van der Waals surface area contributed by atoms with Crippen LogP contribution in [0.15, 0.2) is 48.2 Å². The highest BCUT2D eigenvalue weighted by atomic mass is 32.1. The Kier molecular flexibility index (Phi) is 4.24. The number of aromatic nitrogens is 4. The van der Waals surface area contributed by atoms with Gasteiger partial charge in [0.1, 0.15) is 23.8 Å². The SMILES string of the molecule is COc1cccc([C@@H](Nc2nc3sccn3c2[N+](=O)[O-])c2nccn2C)c1. The third-order valence-corrected chi connectivity index (χ3v) is 4.99. The van der Waals surface area contributed by atoms with Crippen molar-refractivity contribution < 1.29 is 9.66 Å². The summed E-state index contributed by atoms with van der Waals surface area (Å²) < 4.78 is 8.65. The number of fused-ring (bicyclic) bond motifs is 1. The fourth-order valence-electron chi connectivity index (χ4n) is 2.96. The van der Waals surface area contributed by atoms with Crippen LogP contribution < -0.4 is 10.1 Å². The quantitative estimate of drug-likeness (QED) is 0.405. The van der Waals surface area contributed by atoms with Gasteiger partial charge in [0.25, 0.3) is 4.96 Å². The highest BCUT2D eigenvalue weighted by molar-refractivity contribution is 7.15. The Balaban J connectivity index is 1.83. The fraction of sp³-hybridized carbons (Fsp3) is 0.176. The van der Waals surface area contributed by atoms with E-state index in [9.17, 15) is 10.1 Å². The number of methoxy groups -OCH3 is 1. The van der Waals surface area contributed by atoms with Crippen LogP contribution in [-0.2, 0) is 7.05 Å². The molecule has 1 atom stereocenters. The maximum absolute atomic E-state index is 11.6. The summed E-state index contributed by atoms with van der Waals surface area (Å²) in [6.45, 7) is 0. The second kappa shape index (κ2) is 6.72. The molecule has 4 rings (SSSR count). The molecule has 10 heteroatoms. The number of hydrogen-bond acceptors (Lipinski definition) is 7. The molecular formula is C17H16N6O3S. The Bertz CT molecular complexity index is 1110. The average Bonchev–Trinajstić information content (AvgIpc) is 3.35. The second-order valence-electron chi connectivity index (χ2n) is 5.85. The van der Waals surface area contributed by atoms with Gasteiger partial charge in [-0.3, -0.25) is 0 Å². The number of nitrogens with one attached hydrogen (secondary N) is 1. The molecule has 0 fully saturated rings. The zero-order chi connectivity index (χ0) is 19.0. The molecule has 138 valence electrons. The van der Waals surface area contributed by atoms with Gasteiger partial charge >= 0.3 is 5.82 Å². The van der Waals surface area contributed by atoms with Crippen LogP contribution in [0.2, 0.25) is 0 Å². The highest BCUT2D eigenvalue weighted by Crippen LogP contribution is 2.33. The molecule has 3 heterocycles. The standard InChI is InChI=1S/C17H16N6O3S/c1-21-7-6-18-15(21)13(11-4-3-5-12(10-11)26-2)19-14-16(23(24)25)22-8-9-27-17(22)20-14/h3-10,13,19H,1-2H3/t13-/m1/s1. The summed E-state index contributed by atoms with van der Waals surface area (Å²) in [5.41, 5.74) is 0.856. The number of imidazole rings is 2. The van der Waals surface area contributed by atoms with Crippen molar-refractivity contribution >= 4 is 27.9 Å². The van der Waals surface area contributed by atoms with E-state index in [2.05, 4.69) is 15.3 Å². The van der Waals surface area contributed by atoms with Gasteiger partial charge in [-0.15, -0.1) is 0 Å². The van der Waals surface area contributed by atoms with Gasteiger partial charge in [0.15, 0.2) is 0 Å². The van der Waals surface area contributed by atoms with Crippen LogP contribution in [0.4, 0.5) is 11.6 Å². The van der Waals surface area contributed by atoms with Gasteiger partial charge in [-0.2, -0.15) is 9.38 Å². The van der Waals surface area contributed by atoms with E-state index in [1.165, 1.54) is 15.7 Å². The van der Waals surface area contributed by atoms with Crippen LogP contribution in [0.3, 0.4) is 0 Å². The topological polar surface area (TPSA) is 99.5 Å². The summed E-state index contributed by atoms with van der Waals surface area (Å²) in [7, 11) is 3.47. The maximum Gasteiger partial charge on any atom is 0.372 e. The summed E-state index contributed by atoms with van der Waals surface area (Å²) in [4.78, 5) is 20.6.